The van der Waals surface area contributed by atoms with Gasteiger partial charge in [0.2, 0.25) is 0 Å². The van der Waals surface area contributed by atoms with E-state index in [9.17, 15) is 0 Å². The summed E-state index contributed by atoms with van der Waals surface area (Å²) in [4.78, 5) is 7.04. The number of para-hydroxylation sites is 1. The van der Waals surface area contributed by atoms with Crippen molar-refractivity contribution in [2.75, 3.05) is 32.5 Å². The molecule has 0 unspecified atom stereocenters. The van der Waals surface area contributed by atoms with Crippen molar-refractivity contribution in [2.45, 2.75) is 0 Å². The summed E-state index contributed by atoms with van der Waals surface area (Å²) in [7, 11) is 4.12. The first-order valence-electron chi connectivity index (χ1n) is 8.54. The summed E-state index contributed by atoms with van der Waals surface area (Å²) in [5.74, 6) is 0.880. The molecule has 5 nitrogen and oxygen atoms in total. The van der Waals surface area contributed by atoms with Gasteiger partial charge in [0.05, 0.1) is 11.7 Å². The molecular weight excluding hydrogens is 346 g/mol. The van der Waals surface area contributed by atoms with Crippen molar-refractivity contribution >= 4 is 34.0 Å². The highest BCUT2D eigenvalue weighted by molar-refractivity contribution is 6.30. The molecule has 4 aromatic rings. The fraction of sp³-hybridized carbons (Fsp3) is 0.200. The monoisotopic (exact) mass is 365 g/mol. The maximum atomic E-state index is 6.03. The molecule has 26 heavy (non-hydrogen) atoms. The van der Waals surface area contributed by atoms with Gasteiger partial charge in [-0.25, -0.2) is 9.50 Å². The number of rotatable bonds is 5. The Morgan fingerprint density at radius 3 is 2.62 bits per heavy atom. The van der Waals surface area contributed by atoms with E-state index in [0.29, 0.717) is 0 Å². The molecule has 0 bridgehead atoms. The molecule has 2 aromatic heterocycles. The molecule has 0 aliphatic carbocycles. The van der Waals surface area contributed by atoms with Crippen LogP contribution < -0.4 is 5.32 Å². The molecule has 0 saturated heterocycles. The van der Waals surface area contributed by atoms with Crippen molar-refractivity contribution in [3.05, 3.63) is 59.8 Å². The van der Waals surface area contributed by atoms with Gasteiger partial charge in [-0.05, 0) is 43.9 Å². The molecule has 6 heteroatoms. The van der Waals surface area contributed by atoms with Gasteiger partial charge in [0.25, 0.3) is 0 Å². The summed E-state index contributed by atoms with van der Waals surface area (Å²) >= 11 is 6.03. The number of nitrogens with one attached hydrogen (secondary N) is 1. The van der Waals surface area contributed by atoms with Crippen LogP contribution in [0, 0.1) is 0 Å². The molecular formula is C20H20ClN5. The second kappa shape index (κ2) is 6.94. The Morgan fingerprint density at radius 2 is 1.85 bits per heavy atom. The first-order valence-corrected chi connectivity index (χ1v) is 8.92. The predicted octanol–water partition coefficient (Wildman–Crippen LogP) is 4.18. The molecule has 0 aliphatic rings. The molecule has 0 amide bonds. The molecule has 0 aliphatic heterocycles. The van der Waals surface area contributed by atoms with Crippen molar-refractivity contribution in [3.8, 4) is 11.1 Å². The quantitative estimate of drug-likeness (QED) is 0.576. The fourth-order valence-electron chi connectivity index (χ4n) is 3.02. The number of fused-ring (bicyclic) bond motifs is 3. The molecule has 2 heterocycles. The number of hydrogen-bond donors (Lipinski definition) is 1. The standard InChI is InChI=1S/C20H20ClN5/c1-25(2)12-11-22-19-16-5-3-4-6-18(16)26-20(24-19)17(13-23-26)14-7-9-15(21)10-8-14/h3-10,13H,11-12H2,1-2H3,(H,22,24). The highest BCUT2D eigenvalue weighted by Crippen LogP contribution is 2.29. The van der Waals surface area contributed by atoms with Crippen molar-refractivity contribution in [1.82, 2.24) is 19.5 Å². The molecule has 132 valence electrons. The Hall–Kier alpha value is -2.63. The number of anilines is 1. The van der Waals surface area contributed by atoms with Crippen LogP contribution in [0.25, 0.3) is 27.7 Å². The van der Waals surface area contributed by atoms with Crippen LogP contribution in [0.1, 0.15) is 0 Å². The van der Waals surface area contributed by atoms with E-state index in [0.717, 1.165) is 51.6 Å². The second-order valence-electron chi connectivity index (χ2n) is 6.51. The molecule has 0 atom stereocenters. The number of halogens is 1. The van der Waals surface area contributed by atoms with E-state index in [4.69, 9.17) is 16.6 Å². The van der Waals surface area contributed by atoms with Gasteiger partial charge in [-0.15, -0.1) is 0 Å². The Labute approximate surface area is 157 Å². The van der Waals surface area contributed by atoms with Crippen molar-refractivity contribution in [1.29, 1.82) is 0 Å². The van der Waals surface area contributed by atoms with E-state index in [1.165, 1.54) is 0 Å². The zero-order chi connectivity index (χ0) is 18.1. The third-order valence-corrected chi connectivity index (χ3v) is 4.61. The van der Waals surface area contributed by atoms with Gasteiger partial charge in [0.15, 0.2) is 5.65 Å². The van der Waals surface area contributed by atoms with Gasteiger partial charge in [-0.2, -0.15) is 5.10 Å². The summed E-state index contributed by atoms with van der Waals surface area (Å²) in [6.07, 6.45) is 1.86. The summed E-state index contributed by atoms with van der Waals surface area (Å²) in [6.45, 7) is 1.76. The topological polar surface area (TPSA) is 45.5 Å². The SMILES string of the molecule is CN(C)CCNc1nc2c(-c3ccc(Cl)cc3)cnn2c2ccccc12. The first-order chi connectivity index (χ1) is 12.6. The van der Waals surface area contributed by atoms with Crippen LogP contribution in [0.2, 0.25) is 5.02 Å². The molecule has 4 rings (SSSR count). The van der Waals surface area contributed by atoms with E-state index >= 15 is 0 Å². The molecule has 1 N–H and O–H groups in total. The van der Waals surface area contributed by atoms with Gasteiger partial charge in [-0.3, -0.25) is 0 Å². The van der Waals surface area contributed by atoms with Crippen molar-refractivity contribution in [3.63, 3.8) is 0 Å². The first kappa shape index (κ1) is 16.8. The summed E-state index contributed by atoms with van der Waals surface area (Å²) in [5.41, 5.74) is 3.90. The number of aromatic nitrogens is 3. The van der Waals surface area contributed by atoms with E-state index in [-0.39, 0.29) is 0 Å². The summed E-state index contributed by atoms with van der Waals surface area (Å²) < 4.78 is 1.90. The lowest BCUT2D eigenvalue weighted by Crippen LogP contribution is -2.21. The van der Waals surface area contributed by atoms with Gasteiger partial charge in [0.1, 0.15) is 5.82 Å². The lowest BCUT2D eigenvalue weighted by Gasteiger charge is -2.13. The third kappa shape index (κ3) is 3.11. The lowest BCUT2D eigenvalue weighted by atomic mass is 10.1. The minimum atomic E-state index is 0.717. The van der Waals surface area contributed by atoms with Gasteiger partial charge in [0, 0.05) is 29.1 Å². The Kier molecular flexibility index (Phi) is 4.49. The van der Waals surface area contributed by atoms with E-state index in [2.05, 4.69) is 41.5 Å². The minimum absolute atomic E-state index is 0.717. The van der Waals surface area contributed by atoms with Crippen molar-refractivity contribution in [2.24, 2.45) is 0 Å². The number of benzene rings is 2. The van der Waals surface area contributed by atoms with Crippen LogP contribution in [0.4, 0.5) is 5.82 Å². The van der Waals surface area contributed by atoms with E-state index in [1.54, 1.807) is 0 Å². The van der Waals surface area contributed by atoms with Crippen LogP contribution in [-0.2, 0) is 0 Å². The number of nitrogens with zero attached hydrogens (tertiary/aromatic N) is 4. The zero-order valence-electron chi connectivity index (χ0n) is 14.8. The molecule has 0 spiro atoms. The van der Waals surface area contributed by atoms with Crippen LogP contribution in [0.15, 0.2) is 54.7 Å². The second-order valence-corrected chi connectivity index (χ2v) is 6.94. The average molecular weight is 366 g/mol. The normalized spacial score (nSPS) is 11.5. The van der Waals surface area contributed by atoms with E-state index < -0.39 is 0 Å². The molecule has 0 fully saturated rings. The van der Waals surface area contributed by atoms with Crippen LogP contribution in [0.5, 0.6) is 0 Å². The van der Waals surface area contributed by atoms with Crippen LogP contribution in [0.3, 0.4) is 0 Å². The number of hydrogen-bond acceptors (Lipinski definition) is 4. The van der Waals surface area contributed by atoms with Crippen molar-refractivity contribution < 1.29 is 0 Å². The van der Waals surface area contributed by atoms with Gasteiger partial charge >= 0.3 is 0 Å². The minimum Gasteiger partial charge on any atom is -0.368 e. The van der Waals surface area contributed by atoms with Gasteiger partial charge in [-0.1, -0.05) is 35.9 Å². The molecule has 2 aromatic carbocycles. The number of likely N-dealkylation sites (N-methyl/N-ethyl adjacent to an activating group) is 1. The van der Waals surface area contributed by atoms with E-state index in [1.807, 2.05) is 47.1 Å². The highest BCUT2D eigenvalue weighted by atomic mass is 35.5. The van der Waals surface area contributed by atoms with Crippen LogP contribution in [-0.4, -0.2) is 46.7 Å². The Morgan fingerprint density at radius 1 is 1.08 bits per heavy atom. The maximum Gasteiger partial charge on any atom is 0.165 e. The lowest BCUT2D eigenvalue weighted by molar-refractivity contribution is 0.425. The molecule has 0 saturated carbocycles. The maximum absolute atomic E-state index is 6.03. The average Bonchev–Trinajstić information content (AvgIpc) is 3.06. The predicted molar refractivity (Wildman–Crippen MR) is 108 cm³/mol. The Balaban J connectivity index is 1.86. The summed E-state index contributed by atoms with van der Waals surface area (Å²) in [6, 6.07) is 16.0. The largest absolute Gasteiger partial charge is 0.368 e. The van der Waals surface area contributed by atoms with Gasteiger partial charge < -0.3 is 10.2 Å². The zero-order valence-corrected chi connectivity index (χ0v) is 15.5. The Bertz CT molecular complexity index is 1050. The third-order valence-electron chi connectivity index (χ3n) is 4.36. The molecule has 0 radical (unpaired) electrons. The highest BCUT2D eigenvalue weighted by Gasteiger charge is 2.14. The summed E-state index contributed by atoms with van der Waals surface area (Å²) in [5, 5.41) is 9.83. The van der Waals surface area contributed by atoms with Crippen LogP contribution >= 0.6 is 11.6 Å². The fourth-order valence-corrected chi connectivity index (χ4v) is 3.14. The smallest absolute Gasteiger partial charge is 0.165 e.